The molecule has 1 unspecified atom stereocenters. The Labute approximate surface area is 157 Å². The minimum absolute atomic E-state index is 0.150. The minimum Gasteiger partial charge on any atom is -0.338 e. The third kappa shape index (κ3) is 3.78. The normalized spacial score (nSPS) is 12.2. The minimum atomic E-state index is 0.150. The molecule has 136 valence electrons. The molecule has 0 saturated carbocycles. The quantitative estimate of drug-likeness (QED) is 0.567. The summed E-state index contributed by atoms with van der Waals surface area (Å²) >= 11 is 0. The van der Waals surface area contributed by atoms with E-state index in [-0.39, 0.29) is 6.04 Å². The van der Waals surface area contributed by atoms with Crippen LogP contribution in [0.25, 0.3) is 17.1 Å². The van der Waals surface area contributed by atoms with Gasteiger partial charge >= 0.3 is 0 Å². The topological polar surface area (TPSA) is 81.7 Å². The van der Waals surface area contributed by atoms with Gasteiger partial charge in [-0.15, -0.1) is 0 Å². The van der Waals surface area contributed by atoms with E-state index in [1.165, 1.54) is 5.56 Å². The van der Waals surface area contributed by atoms with Crippen molar-refractivity contribution < 1.29 is 4.52 Å². The van der Waals surface area contributed by atoms with Gasteiger partial charge in [-0.3, -0.25) is 4.98 Å². The third-order valence-electron chi connectivity index (χ3n) is 4.44. The second kappa shape index (κ2) is 7.51. The molecule has 0 amide bonds. The molecule has 0 aliphatic rings. The number of aryl methyl sites for hydroxylation is 1. The first-order valence-corrected chi connectivity index (χ1v) is 8.77. The number of hydrogen-bond donors (Lipinski definition) is 1. The average Bonchev–Trinajstić information content (AvgIpc) is 3.36. The Bertz CT molecular complexity index is 1010. The smallest absolute Gasteiger partial charge is 0.240 e. The summed E-state index contributed by atoms with van der Waals surface area (Å²) < 4.78 is 7.38. The molecular formula is C20H20N6O. The van der Waals surface area contributed by atoms with Crippen molar-refractivity contribution in [3.05, 3.63) is 78.5 Å². The van der Waals surface area contributed by atoms with E-state index in [9.17, 15) is 0 Å². The second-order valence-electron chi connectivity index (χ2n) is 6.29. The zero-order valence-corrected chi connectivity index (χ0v) is 15.2. The predicted octanol–water partition coefficient (Wildman–Crippen LogP) is 3.48. The van der Waals surface area contributed by atoms with Crippen molar-refractivity contribution in [3.63, 3.8) is 0 Å². The van der Waals surface area contributed by atoms with E-state index < -0.39 is 0 Å². The molecule has 1 N–H and O–H groups in total. The number of nitrogens with one attached hydrogen (secondary N) is 1. The third-order valence-corrected chi connectivity index (χ3v) is 4.44. The van der Waals surface area contributed by atoms with Gasteiger partial charge in [0.15, 0.2) is 0 Å². The van der Waals surface area contributed by atoms with Crippen molar-refractivity contribution in [2.75, 3.05) is 0 Å². The molecule has 4 rings (SSSR count). The maximum absolute atomic E-state index is 5.32. The van der Waals surface area contributed by atoms with Gasteiger partial charge in [0.25, 0.3) is 0 Å². The van der Waals surface area contributed by atoms with Gasteiger partial charge in [0.05, 0.1) is 6.54 Å². The number of hydrogen-bond acceptors (Lipinski definition) is 6. The lowest BCUT2D eigenvalue weighted by molar-refractivity contribution is 0.360. The Hall–Kier alpha value is -3.32. The van der Waals surface area contributed by atoms with Gasteiger partial charge in [-0.25, -0.2) is 4.98 Å². The van der Waals surface area contributed by atoms with Crippen LogP contribution in [0.2, 0.25) is 0 Å². The van der Waals surface area contributed by atoms with Crippen LogP contribution in [0.3, 0.4) is 0 Å². The summed E-state index contributed by atoms with van der Waals surface area (Å²) in [6.07, 6.45) is 7.19. The highest BCUT2D eigenvalue weighted by atomic mass is 16.5. The van der Waals surface area contributed by atoms with Crippen molar-refractivity contribution >= 4 is 0 Å². The molecule has 0 spiro atoms. The summed E-state index contributed by atoms with van der Waals surface area (Å²) in [4.78, 5) is 12.7. The molecule has 0 aliphatic carbocycles. The Morgan fingerprint density at radius 3 is 2.70 bits per heavy atom. The average molecular weight is 360 g/mol. The molecule has 0 fully saturated rings. The fraction of sp³-hybridized carbons (Fsp3) is 0.200. The molecule has 7 heteroatoms. The summed E-state index contributed by atoms with van der Waals surface area (Å²) in [5.74, 6) is 2.06. The van der Waals surface area contributed by atoms with E-state index in [1.54, 1.807) is 18.6 Å². The molecule has 4 aromatic rings. The Balaban J connectivity index is 1.39. The van der Waals surface area contributed by atoms with Crippen LogP contribution in [-0.4, -0.2) is 24.7 Å². The molecule has 1 aromatic carbocycles. The molecule has 0 saturated heterocycles. The van der Waals surface area contributed by atoms with Gasteiger partial charge in [-0.1, -0.05) is 17.3 Å². The van der Waals surface area contributed by atoms with Gasteiger partial charge in [0.1, 0.15) is 5.82 Å². The molecule has 0 aliphatic heterocycles. The van der Waals surface area contributed by atoms with E-state index in [0.29, 0.717) is 18.3 Å². The molecule has 3 aromatic heterocycles. The zero-order chi connectivity index (χ0) is 18.6. The first kappa shape index (κ1) is 17.1. The van der Waals surface area contributed by atoms with Crippen molar-refractivity contribution in [2.24, 2.45) is 0 Å². The molecular weight excluding hydrogens is 340 g/mol. The molecule has 0 bridgehead atoms. The first-order chi connectivity index (χ1) is 13.2. The molecule has 0 radical (unpaired) electrons. The SMILES string of the molecule is Cc1nccn1-c1ccc(C(C)NCc2nc(-c3cccnc3)no2)cc1. The number of benzene rings is 1. The van der Waals surface area contributed by atoms with Gasteiger partial charge in [0, 0.05) is 42.1 Å². The monoisotopic (exact) mass is 360 g/mol. The van der Waals surface area contributed by atoms with Crippen LogP contribution in [0, 0.1) is 6.92 Å². The van der Waals surface area contributed by atoms with Crippen LogP contribution in [0.4, 0.5) is 0 Å². The highest BCUT2D eigenvalue weighted by molar-refractivity contribution is 5.51. The van der Waals surface area contributed by atoms with E-state index in [2.05, 4.69) is 61.2 Å². The Kier molecular flexibility index (Phi) is 4.76. The fourth-order valence-electron chi connectivity index (χ4n) is 2.87. The number of nitrogens with zero attached hydrogens (tertiary/aromatic N) is 5. The highest BCUT2D eigenvalue weighted by Crippen LogP contribution is 2.18. The van der Waals surface area contributed by atoms with Gasteiger partial charge in [0.2, 0.25) is 11.7 Å². The lowest BCUT2D eigenvalue weighted by Gasteiger charge is -2.14. The summed E-state index contributed by atoms with van der Waals surface area (Å²) in [6.45, 7) is 4.59. The van der Waals surface area contributed by atoms with Crippen LogP contribution >= 0.6 is 0 Å². The first-order valence-electron chi connectivity index (χ1n) is 8.77. The highest BCUT2D eigenvalue weighted by Gasteiger charge is 2.11. The van der Waals surface area contributed by atoms with Crippen molar-refractivity contribution in [1.82, 2.24) is 30.0 Å². The fourth-order valence-corrected chi connectivity index (χ4v) is 2.87. The molecule has 7 nitrogen and oxygen atoms in total. The predicted molar refractivity (Wildman–Crippen MR) is 101 cm³/mol. The van der Waals surface area contributed by atoms with E-state index >= 15 is 0 Å². The van der Waals surface area contributed by atoms with Crippen LogP contribution in [0.15, 0.2) is 65.7 Å². The van der Waals surface area contributed by atoms with Crippen LogP contribution in [-0.2, 0) is 6.54 Å². The Morgan fingerprint density at radius 2 is 2.00 bits per heavy atom. The summed E-state index contributed by atoms with van der Waals surface area (Å²) in [5, 5.41) is 7.43. The maximum atomic E-state index is 5.32. The van der Waals surface area contributed by atoms with Crippen LogP contribution in [0.5, 0.6) is 0 Å². The summed E-state index contributed by atoms with van der Waals surface area (Å²) in [6, 6.07) is 12.3. The largest absolute Gasteiger partial charge is 0.338 e. The van der Waals surface area contributed by atoms with Gasteiger partial charge < -0.3 is 14.4 Å². The standard InChI is InChI=1S/C20H20N6O/c1-14(16-5-7-18(8-6-16)26-11-10-22-15(26)2)23-13-19-24-20(25-27-19)17-4-3-9-21-12-17/h3-12,14,23H,13H2,1-2H3. The van der Waals surface area contributed by atoms with E-state index in [1.807, 2.05) is 25.3 Å². The second-order valence-corrected chi connectivity index (χ2v) is 6.29. The van der Waals surface area contributed by atoms with E-state index in [0.717, 1.165) is 17.1 Å². The zero-order valence-electron chi connectivity index (χ0n) is 15.2. The van der Waals surface area contributed by atoms with E-state index in [4.69, 9.17) is 4.52 Å². The lowest BCUT2D eigenvalue weighted by atomic mass is 10.1. The summed E-state index contributed by atoms with van der Waals surface area (Å²) in [5.41, 5.74) is 3.12. The molecule has 27 heavy (non-hydrogen) atoms. The van der Waals surface area contributed by atoms with Gasteiger partial charge in [-0.05, 0) is 43.7 Å². The molecule has 3 heterocycles. The number of pyridine rings is 1. The van der Waals surface area contributed by atoms with Crippen molar-refractivity contribution in [1.29, 1.82) is 0 Å². The number of rotatable bonds is 6. The molecule has 1 atom stereocenters. The van der Waals surface area contributed by atoms with Crippen LogP contribution in [0.1, 0.15) is 30.2 Å². The maximum Gasteiger partial charge on any atom is 0.240 e. The Morgan fingerprint density at radius 1 is 1.15 bits per heavy atom. The number of imidazole rings is 1. The van der Waals surface area contributed by atoms with Crippen molar-refractivity contribution in [2.45, 2.75) is 26.4 Å². The van der Waals surface area contributed by atoms with Gasteiger partial charge in [-0.2, -0.15) is 4.98 Å². The lowest BCUT2D eigenvalue weighted by Crippen LogP contribution is -2.18. The van der Waals surface area contributed by atoms with Crippen molar-refractivity contribution in [3.8, 4) is 17.1 Å². The summed E-state index contributed by atoms with van der Waals surface area (Å²) in [7, 11) is 0. The van der Waals surface area contributed by atoms with Crippen LogP contribution < -0.4 is 5.32 Å². The number of aromatic nitrogens is 5.